The van der Waals surface area contributed by atoms with Crippen LogP contribution in [0.4, 0.5) is 0 Å². The van der Waals surface area contributed by atoms with Gasteiger partial charge in [-0.1, -0.05) is 12.1 Å². The summed E-state index contributed by atoms with van der Waals surface area (Å²) in [5.74, 6) is 0. The maximum atomic E-state index is 13.4. The predicted octanol–water partition coefficient (Wildman–Crippen LogP) is 1.15. The number of hydrogen-bond donors (Lipinski definition) is 4. The zero-order valence-electron chi connectivity index (χ0n) is 15.5. The Morgan fingerprint density at radius 1 is 1.07 bits per heavy atom. The van der Waals surface area contributed by atoms with Gasteiger partial charge in [0.15, 0.2) is 6.23 Å². The molecule has 3 aromatic rings. The van der Waals surface area contributed by atoms with E-state index in [-0.39, 0.29) is 5.56 Å². The summed E-state index contributed by atoms with van der Waals surface area (Å²) in [7, 11) is 0. The number of rotatable bonds is 4. The van der Waals surface area contributed by atoms with Crippen LogP contribution in [0.5, 0.6) is 0 Å². The minimum Gasteiger partial charge on any atom is -0.394 e. The van der Waals surface area contributed by atoms with Gasteiger partial charge in [-0.3, -0.25) is 9.36 Å². The molecule has 0 amide bonds. The lowest BCUT2D eigenvalue weighted by molar-refractivity contribution is -0.251. The van der Waals surface area contributed by atoms with E-state index in [0.29, 0.717) is 16.1 Å². The average molecular weight is 447 g/mol. The van der Waals surface area contributed by atoms with Gasteiger partial charge in [-0.05, 0) is 29.0 Å². The van der Waals surface area contributed by atoms with Gasteiger partial charge in [-0.15, -0.1) is 22.7 Å². The van der Waals surface area contributed by atoms with Crippen LogP contribution in [0.25, 0.3) is 21.0 Å². The monoisotopic (exact) mass is 446 g/mol. The van der Waals surface area contributed by atoms with Crippen LogP contribution in [-0.2, 0) is 4.74 Å². The van der Waals surface area contributed by atoms with Crippen molar-refractivity contribution in [1.82, 2.24) is 4.57 Å². The number of thiophene rings is 2. The summed E-state index contributed by atoms with van der Waals surface area (Å²) in [4.78, 5) is 14.8. The molecule has 0 bridgehead atoms. The van der Waals surface area contributed by atoms with Crippen LogP contribution in [0.1, 0.15) is 11.8 Å². The molecule has 4 rings (SSSR count). The number of ether oxygens (including phenoxy) is 1. The number of pyridine rings is 1. The van der Waals surface area contributed by atoms with E-state index >= 15 is 0 Å². The van der Waals surface area contributed by atoms with Crippen molar-refractivity contribution in [2.24, 2.45) is 0 Å². The van der Waals surface area contributed by atoms with Crippen molar-refractivity contribution in [1.29, 1.82) is 5.26 Å². The highest BCUT2D eigenvalue weighted by Gasteiger charge is 2.45. The summed E-state index contributed by atoms with van der Waals surface area (Å²) < 4.78 is 6.73. The van der Waals surface area contributed by atoms with Crippen LogP contribution in [0.15, 0.2) is 45.9 Å². The predicted molar refractivity (Wildman–Crippen MR) is 111 cm³/mol. The average Bonchev–Trinajstić information content (AvgIpc) is 3.46. The van der Waals surface area contributed by atoms with Crippen molar-refractivity contribution in [2.75, 3.05) is 6.61 Å². The van der Waals surface area contributed by atoms with Crippen LogP contribution < -0.4 is 5.56 Å². The van der Waals surface area contributed by atoms with E-state index in [1.807, 2.05) is 22.9 Å². The van der Waals surface area contributed by atoms with Gasteiger partial charge < -0.3 is 25.2 Å². The second-order valence-corrected chi connectivity index (χ2v) is 8.67. The normalized spacial score (nSPS) is 26.4. The van der Waals surface area contributed by atoms with E-state index in [2.05, 4.69) is 0 Å². The molecule has 1 fully saturated rings. The summed E-state index contributed by atoms with van der Waals surface area (Å²) in [5.41, 5.74) is 0.0225. The molecule has 0 spiro atoms. The summed E-state index contributed by atoms with van der Waals surface area (Å²) in [6.07, 6.45) is -7.44. The molecule has 10 heteroatoms. The molecule has 0 aromatic carbocycles. The minimum absolute atomic E-state index is 0.130. The third-order valence-corrected chi connectivity index (χ3v) is 6.83. The molecule has 30 heavy (non-hydrogen) atoms. The largest absolute Gasteiger partial charge is 0.394 e. The molecule has 5 atom stereocenters. The van der Waals surface area contributed by atoms with Gasteiger partial charge in [-0.25, -0.2) is 0 Å². The molecule has 156 valence electrons. The number of nitriles is 1. The number of aliphatic hydroxyl groups is 4. The number of hydrogen-bond acceptors (Lipinski definition) is 9. The topological polar surface area (TPSA) is 136 Å². The van der Waals surface area contributed by atoms with Crippen LogP contribution in [-0.4, -0.2) is 56.0 Å². The van der Waals surface area contributed by atoms with E-state index in [1.54, 1.807) is 24.3 Å². The first-order valence-corrected chi connectivity index (χ1v) is 10.8. The van der Waals surface area contributed by atoms with Gasteiger partial charge >= 0.3 is 0 Å². The molecular formula is C20H18N2O6S2. The molecule has 8 nitrogen and oxygen atoms in total. The fraction of sp³-hybridized carbons (Fsp3) is 0.300. The lowest BCUT2D eigenvalue weighted by Crippen LogP contribution is -2.57. The first-order valence-electron chi connectivity index (χ1n) is 9.05. The second-order valence-electron chi connectivity index (χ2n) is 6.78. The third-order valence-electron chi connectivity index (χ3n) is 5.04. The van der Waals surface area contributed by atoms with E-state index in [9.17, 15) is 30.5 Å². The molecule has 1 aliphatic heterocycles. The van der Waals surface area contributed by atoms with Gasteiger partial charge in [0, 0.05) is 10.4 Å². The van der Waals surface area contributed by atoms with Crippen LogP contribution in [0, 0.1) is 11.3 Å². The summed E-state index contributed by atoms with van der Waals surface area (Å²) in [6, 6.07) is 10.8. The van der Waals surface area contributed by atoms with Crippen LogP contribution >= 0.6 is 22.7 Å². The lowest BCUT2D eigenvalue weighted by Gasteiger charge is -2.41. The fourth-order valence-corrected chi connectivity index (χ4v) is 5.01. The Morgan fingerprint density at radius 3 is 2.30 bits per heavy atom. The van der Waals surface area contributed by atoms with Crippen LogP contribution in [0.2, 0.25) is 0 Å². The molecule has 0 unspecified atom stereocenters. The Balaban J connectivity index is 1.98. The van der Waals surface area contributed by atoms with E-state index in [1.165, 1.54) is 22.7 Å². The van der Waals surface area contributed by atoms with Gasteiger partial charge in [-0.2, -0.15) is 5.26 Å². The molecule has 3 aromatic heterocycles. The maximum Gasteiger partial charge on any atom is 0.271 e. The van der Waals surface area contributed by atoms with E-state index in [0.717, 1.165) is 9.44 Å². The van der Waals surface area contributed by atoms with Gasteiger partial charge in [0.05, 0.1) is 17.2 Å². The highest BCUT2D eigenvalue weighted by molar-refractivity contribution is 7.14. The highest BCUT2D eigenvalue weighted by Crippen LogP contribution is 2.36. The quantitative estimate of drug-likeness (QED) is 0.472. The SMILES string of the molecule is N#Cc1c(-c2cccs2)cc(-c2cccs2)n([C@@H]2O[C@H](CO)[C@@H](O)[C@H](O)[C@H]2O)c1=O. The second kappa shape index (κ2) is 8.41. The third kappa shape index (κ3) is 3.40. The Bertz CT molecular complexity index is 1120. The molecule has 1 saturated heterocycles. The zero-order chi connectivity index (χ0) is 21.4. The van der Waals surface area contributed by atoms with Crippen molar-refractivity contribution < 1.29 is 25.2 Å². The van der Waals surface area contributed by atoms with Crippen molar-refractivity contribution in [3.63, 3.8) is 0 Å². The van der Waals surface area contributed by atoms with Gasteiger partial charge in [0.1, 0.15) is 36.0 Å². The van der Waals surface area contributed by atoms with Gasteiger partial charge in [0.2, 0.25) is 0 Å². The Kier molecular flexibility index (Phi) is 5.86. The number of aromatic nitrogens is 1. The molecule has 0 radical (unpaired) electrons. The lowest BCUT2D eigenvalue weighted by atomic mass is 9.97. The number of nitrogens with zero attached hydrogens (tertiary/aromatic N) is 2. The van der Waals surface area contributed by atoms with Crippen molar-refractivity contribution >= 4 is 22.7 Å². The van der Waals surface area contributed by atoms with Gasteiger partial charge in [0.25, 0.3) is 5.56 Å². The molecule has 4 heterocycles. The molecule has 4 N–H and O–H groups in total. The summed E-state index contributed by atoms with van der Waals surface area (Å²) in [5, 5.41) is 53.8. The Labute approximate surface area is 179 Å². The fourth-order valence-electron chi connectivity index (χ4n) is 3.52. The molecule has 0 aliphatic carbocycles. The molecule has 0 saturated carbocycles. The maximum absolute atomic E-state index is 13.4. The summed E-state index contributed by atoms with van der Waals surface area (Å²) >= 11 is 2.74. The minimum atomic E-state index is -1.65. The Hall–Kier alpha value is -2.36. The molecular weight excluding hydrogens is 428 g/mol. The van der Waals surface area contributed by atoms with Crippen LogP contribution in [0.3, 0.4) is 0 Å². The first-order chi connectivity index (χ1) is 14.5. The van der Waals surface area contributed by atoms with E-state index in [4.69, 9.17) is 4.74 Å². The van der Waals surface area contributed by atoms with Crippen molar-refractivity contribution in [2.45, 2.75) is 30.6 Å². The zero-order valence-corrected chi connectivity index (χ0v) is 17.1. The standard InChI is InChI=1S/C20H18N2O6S2/c21-8-11-10(14-3-1-5-29-14)7-12(15-4-2-6-30-15)22(19(11)27)20-18(26)17(25)16(24)13(9-23)28-20/h1-7,13,16-18,20,23-26H,9H2/t13-,16-,17+,18-,20-/m1/s1. The number of aliphatic hydroxyl groups excluding tert-OH is 4. The Morgan fingerprint density at radius 2 is 1.73 bits per heavy atom. The first kappa shape index (κ1) is 20.9. The highest BCUT2D eigenvalue weighted by atomic mass is 32.1. The molecule has 1 aliphatic rings. The van der Waals surface area contributed by atoms with Crippen molar-refractivity contribution in [3.8, 4) is 27.1 Å². The van der Waals surface area contributed by atoms with Crippen molar-refractivity contribution in [3.05, 3.63) is 57.0 Å². The summed E-state index contributed by atoms with van der Waals surface area (Å²) in [6.45, 7) is -0.622. The van der Waals surface area contributed by atoms with E-state index < -0.39 is 42.8 Å². The smallest absolute Gasteiger partial charge is 0.271 e.